The van der Waals surface area contributed by atoms with E-state index in [-0.39, 0.29) is 5.91 Å². The van der Waals surface area contributed by atoms with E-state index in [9.17, 15) is 4.79 Å². The average Bonchev–Trinajstić information content (AvgIpc) is 3.02. The summed E-state index contributed by atoms with van der Waals surface area (Å²) in [4.78, 5) is 17.3. The minimum absolute atomic E-state index is 0.105. The van der Waals surface area contributed by atoms with Gasteiger partial charge in [0.25, 0.3) is 5.91 Å². The van der Waals surface area contributed by atoms with E-state index in [2.05, 4.69) is 36.3 Å². The van der Waals surface area contributed by atoms with Crippen LogP contribution >= 0.6 is 27.3 Å². The first kappa shape index (κ1) is 16.2. The molecule has 2 aromatic heterocycles. The Hall–Kier alpha value is -1.67. The van der Waals surface area contributed by atoms with Crippen molar-refractivity contribution in [2.45, 2.75) is 6.92 Å². The van der Waals surface area contributed by atoms with Crippen LogP contribution < -0.4 is 10.2 Å². The van der Waals surface area contributed by atoms with Gasteiger partial charge in [0.1, 0.15) is 5.82 Å². The molecular weight excluding hydrogens is 378 g/mol. The molecule has 0 bridgehead atoms. The lowest BCUT2D eigenvalue weighted by Gasteiger charge is -2.35. The molecule has 8 heteroatoms. The number of thiophene rings is 1. The zero-order valence-corrected chi connectivity index (χ0v) is 15.2. The normalized spacial score (nSPS) is 14.9. The van der Waals surface area contributed by atoms with E-state index >= 15 is 0 Å². The van der Waals surface area contributed by atoms with Crippen LogP contribution in [0.15, 0.2) is 28.1 Å². The highest BCUT2D eigenvalue weighted by atomic mass is 79.9. The number of piperazine rings is 1. The van der Waals surface area contributed by atoms with Gasteiger partial charge in [0.15, 0.2) is 5.82 Å². The standard InChI is InChI=1S/C15H18BrN5OS/c1-2-17-13-3-4-14(19-18-13)20-5-7-21(8-6-20)15(22)12-9-11(16)10-23-12/h3-4,9-10H,2,5-8H2,1H3,(H,17,18). The van der Waals surface area contributed by atoms with E-state index in [4.69, 9.17) is 0 Å². The molecular formula is C15H18BrN5OS. The molecule has 6 nitrogen and oxygen atoms in total. The van der Waals surface area contributed by atoms with E-state index in [1.165, 1.54) is 11.3 Å². The van der Waals surface area contributed by atoms with Crippen LogP contribution in [0.25, 0.3) is 0 Å². The molecule has 0 unspecified atom stereocenters. The smallest absolute Gasteiger partial charge is 0.264 e. The number of nitrogens with zero attached hydrogens (tertiary/aromatic N) is 4. The van der Waals surface area contributed by atoms with Crippen molar-refractivity contribution in [3.63, 3.8) is 0 Å². The molecule has 23 heavy (non-hydrogen) atoms. The van der Waals surface area contributed by atoms with E-state index in [0.29, 0.717) is 13.1 Å². The number of hydrogen-bond acceptors (Lipinski definition) is 6. The van der Waals surface area contributed by atoms with E-state index in [0.717, 1.165) is 40.6 Å². The summed E-state index contributed by atoms with van der Waals surface area (Å²) >= 11 is 4.87. The number of aromatic nitrogens is 2. The Balaban J connectivity index is 1.58. The molecule has 1 N–H and O–H groups in total. The van der Waals surface area contributed by atoms with Crippen molar-refractivity contribution in [3.05, 3.63) is 32.9 Å². The predicted molar refractivity (Wildman–Crippen MR) is 96.3 cm³/mol. The number of halogens is 1. The van der Waals surface area contributed by atoms with Gasteiger partial charge in [-0.15, -0.1) is 21.5 Å². The zero-order valence-electron chi connectivity index (χ0n) is 12.8. The van der Waals surface area contributed by atoms with Crippen molar-refractivity contribution >= 4 is 44.8 Å². The molecule has 0 aromatic carbocycles. The summed E-state index contributed by atoms with van der Waals surface area (Å²) in [5.74, 6) is 1.75. The minimum Gasteiger partial charge on any atom is -0.369 e. The third-order valence-electron chi connectivity index (χ3n) is 3.68. The van der Waals surface area contributed by atoms with Crippen molar-refractivity contribution in [1.29, 1.82) is 0 Å². The highest BCUT2D eigenvalue weighted by Crippen LogP contribution is 2.22. The Kier molecular flexibility index (Phi) is 5.12. The lowest BCUT2D eigenvalue weighted by molar-refractivity contribution is 0.0751. The molecule has 1 aliphatic heterocycles. The van der Waals surface area contributed by atoms with Gasteiger partial charge < -0.3 is 15.1 Å². The quantitative estimate of drug-likeness (QED) is 0.861. The maximum Gasteiger partial charge on any atom is 0.264 e. The molecule has 1 aliphatic rings. The molecule has 3 rings (SSSR count). The second-order valence-electron chi connectivity index (χ2n) is 5.22. The predicted octanol–water partition coefficient (Wildman–Crippen LogP) is 2.69. The van der Waals surface area contributed by atoms with Crippen molar-refractivity contribution in [2.75, 3.05) is 42.9 Å². The zero-order chi connectivity index (χ0) is 16.2. The molecule has 2 aromatic rings. The van der Waals surface area contributed by atoms with Crippen LogP contribution in [0.4, 0.5) is 11.6 Å². The first-order valence-electron chi connectivity index (χ1n) is 7.53. The SMILES string of the molecule is CCNc1ccc(N2CCN(C(=O)c3cc(Br)cs3)CC2)nn1. The molecule has 1 amide bonds. The first-order chi connectivity index (χ1) is 11.2. The van der Waals surface area contributed by atoms with E-state index < -0.39 is 0 Å². The van der Waals surface area contributed by atoms with Crippen LogP contribution in [0.3, 0.4) is 0 Å². The minimum atomic E-state index is 0.105. The maximum atomic E-state index is 12.4. The third-order valence-corrected chi connectivity index (χ3v) is 5.36. The van der Waals surface area contributed by atoms with Crippen molar-refractivity contribution in [1.82, 2.24) is 15.1 Å². The van der Waals surface area contributed by atoms with Crippen LogP contribution in [0, 0.1) is 0 Å². The lowest BCUT2D eigenvalue weighted by atomic mass is 10.3. The molecule has 0 saturated carbocycles. The maximum absolute atomic E-state index is 12.4. The summed E-state index contributed by atoms with van der Waals surface area (Å²) in [5.41, 5.74) is 0. The van der Waals surface area contributed by atoms with Crippen LogP contribution in [0.2, 0.25) is 0 Å². The highest BCUT2D eigenvalue weighted by molar-refractivity contribution is 9.10. The van der Waals surface area contributed by atoms with Gasteiger partial charge in [-0.3, -0.25) is 4.79 Å². The topological polar surface area (TPSA) is 61.4 Å². The second kappa shape index (κ2) is 7.27. The van der Waals surface area contributed by atoms with Gasteiger partial charge in [0, 0.05) is 42.6 Å². The summed E-state index contributed by atoms with van der Waals surface area (Å²) in [6.45, 7) is 5.79. The van der Waals surface area contributed by atoms with Crippen molar-refractivity contribution < 1.29 is 4.79 Å². The molecule has 122 valence electrons. The second-order valence-corrected chi connectivity index (χ2v) is 7.04. The summed E-state index contributed by atoms with van der Waals surface area (Å²) < 4.78 is 0.959. The Morgan fingerprint density at radius 2 is 2.09 bits per heavy atom. The van der Waals surface area contributed by atoms with Gasteiger partial charge >= 0.3 is 0 Å². The van der Waals surface area contributed by atoms with Gasteiger partial charge in [-0.2, -0.15) is 0 Å². The monoisotopic (exact) mass is 395 g/mol. The summed E-state index contributed by atoms with van der Waals surface area (Å²) in [6.07, 6.45) is 0. The van der Waals surface area contributed by atoms with Crippen LogP contribution in [-0.4, -0.2) is 53.7 Å². The van der Waals surface area contributed by atoms with E-state index in [1.54, 1.807) is 0 Å². The number of carbonyl (C=O) groups excluding carboxylic acids is 1. The van der Waals surface area contributed by atoms with Crippen molar-refractivity contribution in [2.24, 2.45) is 0 Å². The van der Waals surface area contributed by atoms with Crippen LogP contribution in [0.5, 0.6) is 0 Å². The number of rotatable bonds is 4. The first-order valence-corrected chi connectivity index (χ1v) is 9.20. The van der Waals surface area contributed by atoms with Gasteiger partial charge in [-0.05, 0) is 41.1 Å². The average molecular weight is 396 g/mol. The third kappa shape index (κ3) is 3.81. The number of carbonyl (C=O) groups is 1. The fraction of sp³-hybridized carbons (Fsp3) is 0.400. The highest BCUT2D eigenvalue weighted by Gasteiger charge is 2.23. The Morgan fingerprint density at radius 1 is 1.30 bits per heavy atom. The largest absolute Gasteiger partial charge is 0.369 e. The Bertz CT molecular complexity index is 667. The van der Waals surface area contributed by atoms with Gasteiger partial charge in [-0.1, -0.05) is 0 Å². The molecule has 0 radical (unpaired) electrons. The fourth-order valence-corrected chi connectivity index (χ4v) is 3.88. The Morgan fingerprint density at radius 3 is 2.65 bits per heavy atom. The number of nitrogens with one attached hydrogen (secondary N) is 1. The van der Waals surface area contributed by atoms with Crippen LogP contribution in [0.1, 0.15) is 16.6 Å². The van der Waals surface area contributed by atoms with Gasteiger partial charge in [-0.25, -0.2) is 0 Å². The summed E-state index contributed by atoms with van der Waals surface area (Å²) in [6, 6.07) is 5.79. The molecule has 1 saturated heterocycles. The number of hydrogen-bond donors (Lipinski definition) is 1. The fourth-order valence-electron chi connectivity index (χ4n) is 2.49. The lowest BCUT2D eigenvalue weighted by Crippen LogP contribution is -2.49. The molecule has 0 aliphatic carbocycles. The number of anilines is 2. The van der Waals surface area contributed by atoms with Crippen molar-refractivity contribution in [3.8, 4) is 0 Å². The van der Waals surface area contributed by atoms with E-state index in [1.807, 2.05) is 35.4 Å². The van der Waals surface area contributed by atoms with Gasteiger partial charge in [0.2, 0.25) is 0 Å². The molecule has 1 fully saturated rings. The summed E-state index contributed by atoms with van der Waals surface area (Å²) in [7, 11) is 0. The van der Waals surface area contributed by atoms with Crippen LogP contribution in [-0.2, 0) is 0 Å². The summed E-state index contributed by atoms with van der Waals surface area (Å²) in [5, 5.41) is 13.5. The van der Waals surface area contributed by atoms with Gasteiger partial charge in [0.05, 0.1) is 4.88 Å². The number of amides is 1. The molecule has 0 atom stereocenters. The Labute approximate surface area is 147 Å². The molecule has 3 heterocycles. The molecule has 0 spiro atoms.